The standard InChI is InChI=1S/C15H17FN2O/c1-18(15-9-5-8-14(16)17-15)11-10-12-6-3-4-7-13(12)19-2/h3-9H,10-11H2,1-2H3. The van der Waals surface area contributed by atoms with Crippen molar-refractivity contribution in [2.75, 3.05) is 25.6 Å². The molecule has 0 bridgehead atoms. The topological polar surface area (TPSA) is 25.4 Å². The second kappa shape index (κ2) is 6.18. The van der Waals surface area contributed by atoms with Crippen molar-refractivity contribution in [3.05, 3.63) is 54.0 Å². The number of methoxy groups -OCH3 is 1. The van der Waals surface area contributed by atoms with E-state index in [0.717, 1.165) is 24.3 Å². The van der Waals surface area contributed by atoms with Crippen molar-refractivity contribution in [1.82, 2.24) is 4.98 Å². The fourth-order valence-corrected chi connectivity index (χ4v) is 1.92. The van der Waals surface area contributed by atoms with Gasteiger partial charge in [0.05, 0.1) is 7.11 Å². The normalized spacial score (nSPS) is 10.3. The third-order valence-electron chi connectivity index (χ3n) is 3.00. The summed E-state index contributed by atoms with van der Waals surface area (Å²) in [6.45, 7) is 0.747. The minimum absolute atomic E-state index is 0.457. The first-order chi connectivity index (χ1) is 9.20. The van der Waals surface area contributed by atoms with E-state index in [1.165, 1.54) is 6.07 Å². The third-order valence-corrected chi connectivity index (χ3v) is 3.00. The summed E-state index contributed by atoms with van der Waals surface area (Å²) in [6, 6.07) is 12.7. The van der Waals surface area contributed by atoms with Crippen LogP contribution >= 0.6 is 0 Å². The van der Waals surface area contributed by atoms with Gasteiger partial charge in [0.1, 0.15) is 11.6 Å². The van der Waals surface area contributed by atoms with Gasteiger partial charge < -0.3 is 9.64 Å². The molecule has 19 heavy (non-hydrogen) atoms. The first-order valence-corrected chi connectivity index (χ1v) is 6.16. The van der Waals surface area contributed by atoms with Gasteiger partial charge in [0.25, 0.3) is 0 Å². The van der Waals surface area contributed by atoms with Gasteiger partial charge in [-0.15, -0.1) is 0 Å². The summed E-state index contributed by atoms with van der Waals surface area (Å²) in [5.74, 6) is 1.06. The number of pyridine rings is 1. The molecule has 0 atom stereocenters. The van der Waals surface area contributed by atoms with E-state index in [9.17, 15) is 4.39 Å². The lowest BCUT2D eigenvalue weighted by molar-refractivity contribution is 0.409. The molecule has 0 N–H and O–H groups in total. The number of anilines is 1. The minimum atomic E-state index is -0.457. The van der Waals surface area contributed by atoms with Crippen LogP contribution in [0.4, 0.5) is 10.2 Å². The zero-order chi connectivity index (χ0) is 13.7. The predicted molar refractivity (Wildman–Crippen MR) is 74.2 cm³/mol. The number of ether oxygens (including phenoxy) is 1. The molecule has 4 heteroatoms. The first kappa shape index (κ1) is 13.3. The third kappa shape index (κ3) is 3.44. The van der Waals surface area contributed by atoms with Crippen LogP contribution in [0.5, 0.6) is 5.75 Å². The molecule has 0 aliphatic heterocycles. The number of hydrogen-bond donors (Lipinski definition) is 0. The average Bonchev–Trinajstić information content (AvgIpc) is 2.45. The number of hydrogen-bond acceptors (Lipinski definition) is 3. The van der Waals surface area contributed by atoms with Crippen LogP contribution in [-0.4, -0.2) is 25.7 Å². The molecule has 0 amide bonds. The van der Waals surface area contributed by atoms with Gasteiger partial charge in [0.15, 0.2) is 0 Å². The van der Waals surface area contributed by atoms with E-state index in [1.54, 1.807) is 19.2 Å². The van der Waals surface area contributed by atoms with E-state index < -0.39 is 5.95 Å². The van der Waals surface area contributed by atoms with Crippen LogP contribution in [0.1, 0.15) is 5.56 Å². The molecule has 0 fully saturated rings. The summed E-state index contributed by atoms with van der Waals surface area (Å²) in [5, 5.41) is 0. The zero-order valence-corrected chi connectivity index (χ0v) is 11.1. The highest BCUT2D eigenvalue weighted by atomic mass is 19.1. The maximum atomic E-state index is 13.1. The maximum absolute atomic E-state index is 13.1. The SMILES string of the molecule is COc1ccccc1CCN(C)c1cccc(F)n1. The van der Waals surface area contributed by atoms with Gasteiger partial charge in [-0.3, -0.25) is 0 Å². The fraction of sp³-hybridized carbons (Fsp3) is 0.267. The van der Waals surface area contributed by atoms with E-state index >= 15 is 0 Å². The van der Waals surface area contributed by atoms with Crippen LogP contribution in [-0.2, 0) is 6.42 Å². The highest BCUT2D eigenvalue weighted by molar-refractivity contribution is 5.38. The minimum Gasteiger partial charge on any atom is -0.496 e. The van der Waals surface area contributed by atoms with Crippen molar-refractivity contribution in [3.8, 4) is 5.75 Å². The van der Waals surface area contributed by atoms with Crippen molar-refractivity contribution >= 4 is 5.82 Å². The molecule has 100 valence electrons. The number of aromatic nitrogens is 1. The van der Waals surface area contributed by atoms with Crippen LogP contribution < -0.4 is 9.64 Å². The van der Waals surface area contributed by atoms with Gasteiger partial charge in [-0.05, 0) is 30.2 Å². The molecule has 0 aliphatic rings. The molecule has 0 saturated heterocycles. The van der Waals surface area contributed by atoms with Crippen molar-refractivity contribution < 1.29 is 9.13 Å². The number of nitrogens with zero attached hydrogens (tertiary/aromatic N) is 2. The number of para-hydroxylation sites is 1. The second-order valence-electron chi connectivity index (χ2n) is 4.30. The van der Waals surface area contributed by atoms with E-state index in [0.29, 0.717) is 5.82 Å². The Hall–Kier alpha value is -2.10. The number of rotatable bonds is 5. The molecule has 0 unspecified atom stereocenters. The molecule has 0 aliphatic carbocycles. The zero-order valence-electron chi connectivity index (χ0n) is 11.1. The van der Waals surface area contributed by atoms with Crippen molar-refractivity contribution in [1.29, 1.82) is 0 Å². The molecular weight excluding hydrogens is 243 g/mol. The summed E-state index contributed by atoms with van der Waals surface area (Å²) < 4.78 is 18.4. The lowest BCUT2D eigenvalue weighted by Gasteiger charge is -2.18. The van der Waals surface area contributed by atoms with Crippen LogP contribution in [0.15, 0.2) is 42.5 Å². The average molecular weight is 260 g/mol. The molecule has 1 heterocycles. The molecule has 1 aromatic heterocycles. The number of halogens is 1. The van der Waals surface area contributed by atoms with E-state index in [1.807, 2.05) is 36.2 Å². The van der Waals surface area contributed by atoms with Crippen molar-refractivity contribution in [2.24, 2.45) is 0 Å². The summed E-state index contributed by atoms with van der Waals surface area (Å²) in [7, 11) is 3.56. The molecule has 0 radical (unpaired) electrons. The van der Waals surface area contributed by atoms with Gasteiger partial charge >= 0.3 is 0 Å². The van der Waals surface area contributed by atoms with Crippen molar-refractivity contribution in [2.45, 2.75) is 6.42 Å². The number of likely N-dealkylation sites (N-methyl/N-ethyl adjacent to an activating group) is 1. The Kier molecular flexibility index (Phi) is 4.34. The van der Waals surface area contributed by atoms with Gasteiger partial charge in [0.2, 0.25) is 5.95 Å². The maximum Gasteiger partial charge on any atom is 0.214 e. The van der Waals surface area contributed by atoms with E-state index in [-0.39, 0.29) is 0 Å². The Bertz CT molecular complexity index is 545. The second-order valence-corrected chi connectivity index (χ2v) is 4.30. The summed E-state index contributed by atoms with van der Waals surface area (Å²) >= 11 is 0. The molecular formula is C15H17FN2O. The molecule has 0 saturated carbocycles. The van der Waals surface area contributed by atoms with Gasteiger partial charge in [-0.25, -0.2) is 4.98 Å². The van der Waals surface area contributed by atoms with E-state index in [4.69, 9.17) is 4.74 Å². The fourth-order valence-electron chi connectivity index (χ4n) is 1.92. The monoisotopic (exact) mass is 260 g/mol. The largest absolute Gasteiger partial charge is 0.496 e. The van der Waals surface area contributed by atoms with Crippen LogP contribution in [0.3, 0.4) is 0 Å². The molecule has 3 nitrogen and oxygen atoms in total. The van der Waals surface area contributed by atoms with Crippen LogP contribution in [0.2, 0.25) is 0 Å². The first-order valence-electron chi connectivity index (χ1n) is 6.16. The van der Waals surface area contributed by atoms with E-state index in [2.05, 4.69) is 4.98 Å². The summed E-state index contributed by atoms with van der Waals surface area (Å²) in [4.78, 5) is 5.78. The molecule has 0 spiro atoms. The lowest BCUT2D eigenvalue weighted by Crippen LogP contribution is -2.21. The Morgan fingerprint density at radius 1 is 1.16 bits per heavy atom. The Morgan fingerprint density at radius 2 is 1.95 bits per heavy atom. The Balaban J connectivity index is 2.02. The summed E-state index contributed by atoms with van der Waals surface area (Å²) in [5.41, 5.74) is 1.13. The summed E-state index contributed by atoms with van der Waals surface area (Å²) in [6.07, 6.45) is 0.818. The highest BCUT2D eigenvalue weighted by Gasteiger charge is 2.06. The molecule has 1 aromatic carbocycles. The Morgan fingerprint density at radius 3 is 2.68 bits per heavy atom. The number of benzene rings is 1. The smallest absolute Gasteiger partial charge is 0.214 e. The van der Waals surface area contributed by atoms with Gasteiger partial charge in [0, 0.05) is 13.6 Å². The Labute approximate surface area is 112 Å². The van der Waals surface area contributed by atoms with Crippen molar-refractivity contribution in [3.63, 3.8) is 0 Å². The van der Waals surface area contributed by atoms with Crippen LogP contribution in [0.25, 0.3) is 0 Å². The lowest BCUT2D eigenvalue weighted by atomic mass is 10.1. The van der Waals surface area contributed by atoms with Gasteiger partial charge in [-0.1, -0.05) is 24.3 Å². The quantitative estimate of drug-likeness (QED) is 0.773. The van der Waals surface area contributed by atoms with Gasteiger partial charge in [-0.2, -0.15) is 4.39 Å². The highest BCUT2D eigenvalue weighted by Crippen LogP contribution is 2.18. The molecule has 2 aromatic rings. The predicted octanol–water partition coefficient (Wildman–Crippen LogP) is 2.91. The van der Waals surface area contributed by atoms with Crippen LogP contribution in [0, 0.1) is 5.95 Å². The molecule has 2 rings (SSSR count).